The van der Waals surface area contributed by atoms with Gasteiger partial charge in [0.25, 0.3) is 5.24 Å². The highest BCUT2D eigenvalue weighted by atomic mass is 35.5. The number of allylic oxidation sites excluding steroid dienone is 4. The first-order valence-corrected chi connectivity index (χ1v) is 32.9. The number of methoxy groups -OCH3 is 2. The number of ether oxygens (including phenoxy) is 7. The van der Waals surface area contributed by atoms with Crippen LogP contribution in [0.5, 0.6) is 5.75 Å². The highest BCUT2D eigenvalue weighted by Gasteiger charge is 2.64. The summed E-state index contributed by atoms with van der Waals surface area (Å²) in [6.07, 6.45) is 8.40. The second-order valence-corrected chi connectivity index (χ2v) is 25.6. The van der Waals surface area contributed by atoms with Crippen molar-refractivity contribution < 1.29 is 81.4 Å². The van der Waals surface area contributed by atoms with Crippen molar-refractivity contribution >= 4 is 105 Å². The van der Waals surface area contributed by atoms with Crippen molar-refractivity contribution in [3.63, 3.8) is 0 Å². The van der Waals surface area contributed by atoms with E-state index >= 15 is 0 Å². The fourth-order valence-electron chi connectivity index (χ4n) is 10.6. The first-order valence-electron chi connectivity index (χ1n) is 30.1. The number of epoxide rings is 1. The highest BCUT2D eigenvalue weighted by Crippen LogP contribution is 2.49. The summed E-state index contributed by atoms with van der Waals surface area (Å²) in [5.74, 6) is -2.53. The van der Waals surface area contributed by atoms with Crippen LogP contribution in [0.1, 0.15) is 96.6 Å². The summed E-state index contributed by atoms with van der Waals surface area (Å²) in [6.45, 7) is 6.82. The number of amides is 8. The third kappa shape index (κ3) is 20.7. The lowest BCUT2D eigenvalue weighted by molar-refractivity contribution is -0.162. The second-order valence-electron chi connectivity index (χ2n) is 23.3. The van der Waals surface area contributed by atoms with Gasteiger partial charge in [0.1, 0.15) is 53.4 Å². The molecule has 25 nitrogen and oxygen atoms in total. The molecule has 5 N–H and O–H groups in total. The van der Waals surface area contributed by atoms with Crippen LogP contribution in [0, 0.1) is 5.92 Å². The molecule has 9 atom stereocenters. The van der Waals surface area contributed by atoms with Gasteiger partial charge in [-0.2, -0.15) is 11.8 Å². The number of halogens is 1. The van der Waals surface area contributed by atoms with Crippen LogP contribution in [0.2, 0.25) is 5.02 Å². The van der Waals surface area contributed by atoms with Gasteiger partial charge in [0, 0.05) is 85.9 Å². The summed E-state index contributed by atoms with van der Waals surface area (Å²) in [4.78, 5) is 125. The maximum Gasteiger partial charge on any atom is 0.412 e. The third-order valence-corrected chi connectivity index (χ3v) is 18.2. The SMILES string of the molecule is COc1cc2cc(c1Cl)N(C)C(=O)C[C@H](OC(=O)[C@H](C)N(C)C(=O)CCSC(=O)N(C)CCN(C)C(=O)OCc1ccc(NC(=O)OC3/C=C/CCCCC3)c(NC(=O)CCNC(=O)CSC)c1)[C@]1(C)OC1[C@H](C)[C@@H]1C[C@@](O)(NC(=O)O1)[C@H](OC)/C=C/C=C(\C)C2. The summed E-state index contributed by atoms with van der Waals surface area (Å²) in [5.41, 5.74) is -0.344. The lowest BCUT2D eigenvalue weighted by Gasteiger charge is -2.42. The number of carbonyl (C=O) groups excluding carboxylic acids is 9. The molecular weight excluding hydrogens is 1240 g/mol. The maximum absolute atomic E-state index is 14.4. The van der Waals surface area contributed by atoms with Gasteiger partial charge >= 0.3 is 24.2 Å². The fourth-order valence-corrected chi connectivity index (χ4v) is 12.0. The minimum Gasteiger partial charge on any atom is -0.495 e. The molecule has 3 aliphatic heterocycles. The predicted octanol–water partition coefficient (Wildman–Crippen LogP) is 8.20. The molecule has 500 valence electrons. The van der Waals surface area contributed by atoms with Crippen LogP contribution < -0.4 is 30.9 Å². The van der Waals surface area contributed by atoms with Gasteiger partial charge in [-0.25, -0.2) is 19.2 Å². The molecule has 0 aromatic heterocycles. The standard InChI is InChI=1S/C63H87ClN8O17S2/c1-38-18-17-21-49(84-10)63(82)35-48(87-59(79)68-63)39(2)56-62(4,89-56)50(34-54(76)72(8)46-32-42(30-38)33-47(83-9)55(46)64)88-57(77)40(3)71(7)53(75)25-29-91-61(81)70(6)28-27-69(5)60(80)85-36-41-22-23-44(67-58(78)86-43-19-15-13-12-14-16-20-43)45(31-41)66-51(73)24-26-65-52(74)37-90-11/h15,17-19,21-23,31-33,39-40,43,48-50,56,82H,12-14,16,20,24-30,34-37H2,1-11H3,(H,65,74)(H,66,73)(H,67,78)(H,68,79)/b19-15+,21-17+,38-18+/t39-,40+,43?,48+,49-,50+,56?,62+,63+/m1/s1. The monoisotopic (exact) mass is 1330 g/mol. The summed E-state index contributed by atoms with van der Waals surface area (Å²) in [6, 6.07) is 7.05. The van der Waals surface area contributed by atoms with Gasteiger partial charge in [0.05, 0.1) is 42.4 Å². The highest BCUT2D eigenvalue weighted by molar-refractivity contribution is 8.13. The van der Waals surface area contributed by atoms with Gasteiger partial charge in [-0.15, -0.1) is 0 Å². The van der Waals surface area contributed by atoms with Crippen molar-refractivity contribution in [3.8, 4) is 5.75 Å². The number of thioether (sulfide) groups is 2. The van der Waals surface area contributed by atoms with Gasteiger partial charge in [-0.1, -0.05) is 72.7 Å². The minimum atomic E-state index is -1.90. The number of nitrogens with zero attached hydrogens (tertiary/aromatic N) is 4. The summed E-state index contributed by atoms with van der Waals surface area (Å²) in [5, 5.41) is 22.3. The number of rotatable bonds is 21. The number of hydrogen-bond acceptors (Lipinski definition) is 19. The molecule has 2 aromatic carbocycles. The Morgan fingerprint density at radius 2 is 1.70 bits per heavy atom. The van der Waals surface area contributed by atoms with E-state index in [9.17, 15) is 48.3 Å². The van der Waals surface area contributed by atoms with Gasteiger partial charge in [-0.05, 0) is 101 Å². The van der Waals surface area contributed by atoms with Crippen LogP contribution in [0.25, 0.3) is 0 Å². The zero-order chi connectivity index (χ0) is 66.7. The van der Waals surface area contributed by atoms with E-state index in [0.29, 0.717) is 29.8 Å². The minimum absolute atomic E-state index is 0.0354. The number of fused-ring (bicyclic) bond motifs is 5. The quantitative estimate of drug-likeness (QED) is 0.0340. The van der Waals surface area contributed by atoms with Gasteiger partial charge in [-0.3, -0.25) is 34.6 Å². The molecule has 4 aliphatic rings. The molecule has 3 heterocycles. The number of benzene rings is 2. The number of esters is 1. The Morgan fingerprint density at radius 1 is 0.956 bits per heavy atom. The molecule has 2 aromatic rings. The molecule has 2 fully saturated rings. The number of aliphatic hydroxyl groups is 1. The predicted molar refractivity (Wildman–Crippen MR) is 346 cm³/mol. The average Bonchev–Trinajstić information content (AvgIpc) is 1.60. The Kier molecular flexibility index (Phi) is 27.3. The molecule has 6 rings (SSSR count). The molecular formula is C63H87ClN8O17S2. The number of likely N-dealkylation sites (N-methyl/N-ethyl adjacent to an activating group) is 3. The Hall–Kier alpha value is -7.04. The zero-order valence-corrected chi connectivity index (χ0v) is 56.0. The lowest BCUT2D eigenvalue weighted by Crippen LogP contribution is -2.63. The number of nitrogens with one attached hydrogen (secondary N) is 4. The van der Waals surface area contributed by atoms with E-state index in [2.05, 4.69) is 21.3 Å². The normalized spacial score (nSPS) is 24.9. The van der Waals surface area contributed by atoms with Crippen LogP contribution in [0.4, 0.5) is 36.2 Å². The summed E-state index contributed by atoms with van der Waals surface area (Å²) >= 11 is 9.06. The van der Waals surface area contributed by atoms with Crippen molar-refractivity contribution in [1.29, 1.82) is 0 Å². The Bertz CT molecular complexity index is 3060. The number of hydrogen-bond donors (Lipinski definition) is 5. The van der Waals surface area contributed by atoms with Crippen molar-refractivity contribution in [2.45, 2.75) is 146 Å². The van der Waals surface area contributed by atoms with Crippen molar-refractivity contribution in [2.75, 3.05) is 95.3 Å². The van der Waals surface area contributed by atoms with Gasteiger partial charge < -0.3 is 68.5 Å². The van der Waals surface area contributed by atoms with E-state index in [4.69, 9.17) is 44.8 Å². The Balaban J connectivity index is 1.03. The average molecular weight is 1330 g/mol. The second kappa shape index (κ2) is 34.0. The Labute approximate surface area is 545 Å². The van der Waals surface area contributed by atoms with E-state index in [0.717, 1.165) is 48.6 Å². The maximum atomic E-state index is 14.4. The van der Waals surface area contributed by atoms with E-state index in [1.807, 2.05) is 25.2 Å². The zero-order valence-electron chi connectivity index (χ0n) is 53.6. The van der Waals surface area contributed by atoms with Crippen molar-refractivity contribution in [2.24, 2.45) is 5.92 Å². The van der Waals surface area contributed by atoms with Crippen molar-refractivity contribution in [1.82, 2.24) is 25.3 Å². The molecule has 8 amide bonds. The first kappa shape index (κ1) is 73.0. The van der Waals surface area contributed by atoms with E-state index < -0.39 is 107 Å². The molecule has 2 unspecified atom stereocenters. The van der Waals surface area contributed by atoms with E-state index in [1.165, 1.54) is 80.7 Å². The molecule has 28 heteroatoms. The molecule has 0 radical (unpaired) electrons. The molecule has 1 aliphatic carbocycles. The topological polar surface area (TPSA) is 303 Å². The first-order chi connectivity index (χ1) is 43.2. The van der Waals surface area contributed by atoms with Gasteiger partial charge in [0.15, 0.2) is 5.72 Å². The van der Waals surface area contributed by atoms with Crippen LogP contribution in [0.15, 0.2) is 66.3 Å². The number of carbonyl (C=O) groups is 9. The largest absolute Gasteiger partial charge is 0.495 e. The molecule has 2 saturated heterocycles. The molecule has 0 saturated carbocycles. The Morgan fingerprint density at radius 3 is 2.43 bits per heavy atom. The number of anilines is 3. The summed E-state index contributed by atoms with van der Waals surface area (Å²) in [7, 11) is 8.85. The lowest BCUT2D eigenvalue weighted by atomic mass is 9.83. The molecule has 91 heavy (non-hydrogen) atoms. The summed E-state index contributed by atoms with van der Waals surface area (Å²) < 4.78 is 40.7. The van der Waals surface area contributed by atoms with Crippen LogP contribution in [0.3, 0.4) is 0 Å². The third-order valence-electron chi connectivity index (χ3n) is 16.3. The van der Waals surface area contributed by atoms with Crippen LogP contribution in [-0.4, -0.2) is 201 Å². The van der Waals surface area contributed by atoms with E-state index in [1.54, 1.807) is 62.6 Å². The van der Waals surface area contributed by atoms with E-state index in [-0.39, 0.29) is 79.3 Å². The molecule has 0 spiro atoms. The number of alkyl carbamates (subject to hydrolysis) is 1. The van der Waals surface area contributed by atoms with Crippen LogP contribution in [-0.2, 0) is 65.4 Å². The molecule has 4 bridgehead atoms. The van der Waals surface area contributed by atoms with Gasteiger partial charge in [0.2, 0.25) is 23.6 Å². The smallest absolute Gasteiger partial charge is 0.412 e. The van der Waals surface area contributed by atoms with Crippen LogP contribution >= 0.6 is 35.1 Å². The van der Waals surface area contributed by atoms with Crippen molar-refractivity contribution in [3.05, 3.63) is 82.4 Å². The fraction of sp³-hybridized carbons (Fsp3) is 0.571.